The summed E-state index contributed by atoms with van der Waals surface area (Å²) in [5.74, 6) is -0.388. The van der Waals surface area contributed by atoms with Crippen LogP contribution in [0.15, 0.2) is 32.8 Å². The Hall–Kier alpha value is -2.08. The van der Waals surface area contributed by atoms with E-state index in [1.54, 1.807) is 34.1 Å². The van der Waals surface area contributed by atoms with Gasteiger partial charge in [0.05, 0.1) is 22.8 Å². The first-order valence-corrected chi connectivity index (χ1v) is 6.31. The van der Waals surface area contributed by atoms with Crippen molar-refractivity contribution >= 4 is 28.1 Å². The fourth-order valence-electron chi connectivity index (χ4n) is 1.87. The summed E-state index contributed by atoms with van der Waals surface area (Å²) in [6.07, 6.45) is 0. The second-order valence-corrected chi connectivity index (χ2v) is 5.10. The van der Waals surface area contributed by atoms with Gasteiger partial charge in [0, 0.05) is 11.1 Å². The third kappa shape index (κ3) is 1.80. The first-order chi connectivity index (χ1) is 8.63. The second kappa shape index (κ2) is 3.99. The molecule has 3 aromatic rings. The zero-order chi connectivity index (χ0) is 12.7. The molecule has 92 valence electrons. The van der Waals surface area contributed by atoms with Crippen LogP contribution in [0, 0.1) is 6.92 Å². The molecule has 2 N–H and O–H groups in total. The zero-order valence-corrected chi connectivity index (χ0v) is 10.5. The van der Waals surface area contributed by atoms with E-state index in [4.69, 9.17) is 10.2 Å². The van der Waals surface area contributed by atoms with Crippen LogP contribution >= 0.6 is 11.3 Å². The van der Waals surface area contributed by atoms with Gasteiger partial charge in [-0.15, -0.1) is 11.3 Å². The van der Waals surface area contributed by atoms with Crippen molar-refractivity contribution in [3.05, 3.63) is 44.8 Å². The maximum Gasteiger partial charge on any atom is 0.420 e. The molecular weight excluding hydrogens is 250 g/mol. The predicted molar refractivity (Wildman–Crippen MR) is 70.8 cm³/mol. The lowest BCUT2D eigenvalue weighted by Gasteiger charge is -1.99. The van der Waals surface area contributed by atoms with E-state index >= 15 is 0 Å². The first kappa shape index (κ1) is 11.0. The Kier molecular flexibility index (Phi) is 2.45. The van der Waals surface area contributed by atoms with Gasteiger partial charge in [-0.25, -0.2) is 9.78 Å². The molecule has 0 unspecified atom stereocenters. The molecule has 0 bridgehead atoms. The highest BCUT2D eigenvalue weighted by atomic mass is 32.1. The highest BCUT2D eigenvalue weighted by Crippen LogP contribution is 2.18. The van der Waals surface area contributed by atoms with Crippen molar-refractivity contribution in [1.29, 1.82) is 0 Å². The van der Waals surface area contributed by atoms with Gasteiger partial charge in [0.25, 0.3) is 0 Å². The van der Waals surface area contributed by atoms with Crippen molar-refractivity contribution in [3.63, 3.8) is 0 Å². The molecule has 0 fully saturated rings. The van der Waals surface area contributed by atoms with E-state index in [9.17, 15) is 4.79 Å². The van der Waals surface area contributed by atoms with Gasteiger partial charge in [-0.3, -0.25) is 4.57 Å². The van der Waals surface area contributed by atoms with E-state index in [1.165, 1.54) is 0 Å². The number of rotatable bonds is 2. The number of nitrogens with two attached hydrogens (primary N) is 1. The summed E-state index contributed by atoms with van der Waals surface area (Å²) in [6.45, 7) is 2.34. The van der Waals surface area contributed by atoms with Crippen LogP contribution in [0.4, 0.5) is 5.69 Å². The molecule has 0 saturated heterocycles. The van der Waals surface area contributed by atoms with E-state index in [0.717, 1.165) is 10.7 Å². The highest BCUT2D eigenvalue weighted by Gasteiger charge is 2.11. The van der Waals surface area contributed by atoms with Crippen LogP contribution in [-0.4, -0.2) is 9.55 Å². The van der Waals surface area contributed by atoms with Crippen LogP contribution < -0.4 is 11.5 Å². The highest BCUT2D eigenvalue weighted by molar-refractivity contribution is 7.09. The minimum Gasteiger partial charge on any atom is -0.408 e. The van der Waals surface area contributed by atoms with Gasteiger partial charge in [-0.05, 0) is 25.1 Å². The minimum absolute atomic E-state index is 0.388. The summed E-state index contributed by atoms with van der Waals surface area (Å²) in [6, 6.07) is 5.15. The summed E-state index contributed by atoms with van der Waals surface area (Å²) in [5.41, 5.74) is 8.43. The van der Waals surface area contributed by atoms with Crippen molar-refractivity contribution in [3.8, 4) is 0 Å². The lowest BCUT2D eigenvalue weighted by Crippen LogP contribution is -2.15. The fraction of sp³-hybridized carbons (Fsp3) is 0.167. The Bertz CT molecular complexity index is 769. The van der Waals surface area contributed by atoms with Gasteiger partial charge in [0.2, 0.25) is 0 Å². The molecule has 3 rings (SSSR count). The van der Waals surface area contributed by atoms with E-state index in [2.05, 4.69) is 4.98 Å². The van der Waals surface area contributed by atoms with Crippen molar-refractivity contribution in [2.45, 2.75) is 13.5 Å². The van der Waals surface area contributed by atoms with Crippen molar-refractivity contribution < 1.29 is 4.42 Å². The molecule has 5 nitrogen and oxygen atoms in total. The maximum atomic E-state index is 11.8. The lowest BCUT2D eigenvalue weighted by molar-refractivity contribution is 0.516. The number of fused-ring (bicyclic) bond motifs is 1. The number of benzene rings is 1. The number of hydrogen-bond acceptors (Lipinski definition) is 5. The number of nitrogen functional groups attached to an aromatic ring is 1. The lowest BCUT2D eigenvalue weighted by atomic mass is 10.3. The Labute approximate surface area is 106 Å². The normalized spacial score (nSPS) is 11.2. The van der Waals surface area contributed by atoms with E-state index in [0.29, 0.717) is 23.3 Å². The average Bonchev–Trinajstić information content (AvgIpc) is 2.86. The summed E-state index contributed by atoms with van der Waals surface area (Å²) in [7, 11) is 0. The molecule has 2 heterocycles. The molecule has 2 aromatic heterocycles. The van der Waals surface area contributed by atoms with Gasteiger partial charge in [0.1, 0.15) is 0 Å². The van der Waals surface area contributed by atoms with E-state index in [-0.39, 0.29) is 5.76 Å². The molecule has 0 radical (unpaired) electrons. The van der Waals surface area contributed by atoms with Crippen LogP contribution in [0.2, 0.25) is 0 Å². The summed E-state index contributed by atoms with van der Waals surface area (Å²) >= 11 is 1.56. The molecule has 0 aliphatic rings. The molecule has 0 spiro atoms. The Morgan fingerprint density at radius 3 is 3.06 bits per heavy atom. The molecule has 0 aliphatic carbocycles. The van der Waals surface area contributed by atoms with Crippen LogP contribution in [-0.2, 0) is 6.54 Å². The van der Waals surface area contributed by atoms with Gasteiger partial charge >= 0.3 is 5.76 Å². The second-order valence-electron chi connectivity index (χ2n) is 4.04. The number of anilines is 1. The number of oxazole rings is 1. The van der Waals surface area contributed by atoms with E-state index < -0.39 is 0 Å². The van der Waals surface area contributed by atoms with Crippen LogP contribution in [0.25, 0.3) is 11.1 Å². The summed E-state index contributed by atoms with van der Waals surface area (Å²) < 4.78 is 6.70. The predicted octanol–water partition coefficient (Wildman–Crippen LogP) is 1.99. The number of hydrogen-bond donors (Lipinski definition) is 1. The molecule has 1 aromatic carbocycles. The quantitative estimate of drug-likeness (QED) is 0.716. The minimum atomic E-state index is -0.388. The SMILES string of the molecule is Cc1nc(Cn2c(=O)oc3ccc(N)cc32)cs1. The molecule has 18 heavy (non-hydrogen) atoms. The first-order valence-electron chi connectivity index (χ1n) is 5.43. The average molecular weight is 261 g/mol. The molecule has 0 aliphatic heterocycles. The zero-order valence-electron chi connectivity index (χ0n) is 9.71. The third-order valence-electron chi connectivity index (χ3n) is 2.68. The van der Waals surface area contributed by atoms with Crippen LogP contribution in [0.3, 0.4) is 0 Å². The molecule has 0 amide bonds. The smallest absolute Gasteiger partial charge is 0.408 e. The van der Waals surface area contributed by atoms with Crippen molar-refractivity contribution in [2.75, 3.05) is 5.73 Å². The van der Waals surface area contributed by atoms with Crippen LogP contribution in [0.5, 0.6) is 0 Å². The third-order valence-corrected chi connectivity index (χ3v) is 3.50. The van der Waals surface area contributed by atoms with Gasteiger partial charge in [-0.2, -0.15) is 0 Å². The molecular formula is C12H11N3O2S. The van der Waals surface area contributed by atoms with Crippen molar-refractivity contribution in [1.82, 2.24) is 9.55 Å². The van der Waals surface area contributed by atoms with E-state index in [1.807, 2.05) is 12.3 Å². The Balaban J connectivity index is 2.13. The standard InChI is InChI=1S/C12H11N3O2S/c1-7-14-9(6-18-7)5-15-10-4-8(13)2-3-11(10)17-12(15)16/h2-4,6H,5,13H2,1H3. The number of aryl methyl sites for hydroxylation is 1. The fourth-order valence-corrected chi connectivity index (χ4v) is 2.48. The maximum absolute atomic E-state index is 11.8. The monoisotopic (exact) mass is 261 g/mol. The largest absolute Gasteiger partial charge is 0.420 e. The van der Waals surface area contributed by atoms with Gasteiger partial charge in [0.15, 0.2) is 5.58 Å². The molecule has 6 heteroatoms. The Morgan fingerprint density at radius 1 is 1.50 bits per heavy atom. The topological polar surface area (TPSA) is 74.0 Å². The van der Waals surface area contributed by atoms with Gasteiger partial charge < -0.3 is 10.2 Å². The van der Waals surface area contributed by atoms with Gasteiger partial charge in [-0.1, -0.05) is 0 Å². The molecule has 0 saturated carbocycles. The molecule has 0 atom stereocenters. The number of aromatic nitrogens is 2. The number of thiazole rings is 1. The number of nitrogens with zero attached hydrogens (tertiary/aromatic N) is 2. The van der Waals surface area contributed by atoms with Crippen LogP contribution in [0.1, 0.15) is 10.7 Å². The Morgan fingerprint density at radius 2 is 2.33 bits per heavy atom. The van der Waals surface area contributed by atoms with Crippen molar-refractivity contribution in [2.24, 2.45) is 0 Å². The summed E-state index contributed by atoms with van der Waals surface area (Å²) in [4.78, 5) is 16.1. The summed E-state index contributed by atoms with van der Waals surface area (Å²) in [5, 5.41) is 2.91.